The number of nitrogens with one attached hydrogen (secondary N) is 1. The first-order valence-electron chi connectivity index (χ1n) is 7.94. The van der Waals surface area contributed by atoms with E-state index in [0.717, 1.165) is 0 Å². The van der Waals surface area contributed by atoms with Crippen molar-refractivity contribution >= 4 is 29.4 Å². The fraction of sp³-hybridized carbons (Fsp3) is 0.222. The monoisotopic (exact) mass is 391 g/mol. The zero-order valence-corrected chi connectivity index (χ0v) is 15.7. The molecule has 8 nitrogen and oxygen atoms in total. The van der Waals surface area contributed by atoms with Crippen molar-refractivity contribution in [1.29, 1.82) is 0 Å². The lowest BCUT2D eigenvalue weighted by molar-refractivity contribution is -0.384. The van der Waals surface area contributed by atoms with E-state index in [1.165, 1.54) is 31.5 Å². The lowest BCUT2D eigenvalue weighted by Gasteiger charge is -2.14. The van der Waals surface area contributed by atoms with Crippen LogP contribution < -0.4 is 14.9 Å². The number of carbonyl (C=O) groups excluding carboxylic acids is 1. The van der Waals surface area contributed by atoms with Gasteiger partial charge < -0.3 is 9.47 Å². The Hall–Kier alpha value is -3.13. The minimum absolute atomic E-state index is 0.0250. The zero-order chi connectivity index (χ0) is 20.0. The Morgan fingerprint density at radius 1 is 1.26 bits per heavy atom. The zero-order valence-electron chi connectivity index (χ0n) is 14.9. The van der Waals surface area contributed by atoms with Crippen molar-refractivity contribution in [3.63, 3.8) is 0 Å². The molecule has 0 saturated heterocycles. The van der Waals surface area contributed by atoms with Gasteiger partial charge in [-0.05, 0) is 38.1 Å². The van der Waals surface area contributed by atoms with Crippen molar-refractivity contribution in [3.05, 3.63) is 62.7 Å². The number of amides is 1. The number of ether oxygens (including phenoxy) is 2. The van der Waals surface area contributed by atoms with E-state index >= 15 is 0 Å². The Kier molecular flexibility index (Phi) is 6.73. The predicted octanol–water partition coefficient (Wildman–Crippen LogP) is 3.81. The first kappa shape index (κ1) is 20.2. The predicted molar refractivity (Wildman–Crippen MR) is 102 cm³/mol. The maximum Gasteiger partial charge on any atom is 0.288 e. The van der Waals surface area contributed by atoms with E-state index in [9.17, 15) is 14.9 Å². The van der Waals surface area contributed by atoms with Crippen LogP contribution in [0.4, 0.5) is 5.69 Å². The van der Waals surface area contributed by atoms with Crippen LogP contribution in [0.5, 0.6) is 11.5 Å². The summed E-state index contributed by atoms with van der Waals surface area (Å²) in [6.07, 6.45) is 1.25. The van der Waals surface area contributed by atoms with Crippen molar-refractivity contribution in [3.8, 4) is 11.5 Å². The first-order valence-corrected chi connectivity index (χ1v) is 8.31. The molecule has 9 heteroatoms. The summed E-state index contributed by atoms with van der Waals surface area (Å²) in [5.74, 6) is 0.485. The first-order chi connectivity index (χ1) is 12.8. The molecule has 0 radical (unpaired) electrons. The molecule has 27 heavy (non-hydrogen) atoms. The number of hydrazone groups is 1. The van der Waals surface area contributed by atoms with Crippen LogP contribution in [0, 0.1) is 10.1 Å². The van der Waals surface area contributed by atoms with Gasteiger partial charge in [-0.2, -0.15) is 5.10 Å². The molecule has 0 heterocycles. The SMILES string of the molecule is COc1cc(C(=O)N/N=C/c2ccc(Cl)c([N+](=O)[O-])c2)ccc1OC(C)C. The fourth-order valence-electron chi connectivity index (χ4n) is 2.14. The normalized spacial score (nSPS) is 10.9. The third-order valence-corrected chi connectivity index (χ3v) is 3.65. The highest BCUT2D eigenvalue weighted by atomic mass is 35.5. The van der Waals surface area contributed by atoms with Gasteiger partial charge in [0.2, 0.25) is 0 Å². The van der Waals surface area contributed by atoms with Crippen molar-refractivity contribution in [2.75, 3.05) is 7.11 Å². The smallest absolute Gasteiger partial charge is 0.288 e. The number of hydrogen-bond donors (Lipinski definition) is 1. The molecule has 0 atom stereocenters. The Labute approximate surface area is 160 Å². The number of benzene rings is 2. The molecular weight excluding hydrogens is 374 g/mol. The van der Waals surface area contributed by atoms with E-state index in [1.807, 2.05) is 13.8 Å². The summed E-state index contributed by atoms with van der Waals surface area (Å²) < 4.78 is 10.8. The molecule has 0 aromatic heterocycles. The molecule has 1 N–H and O–H groups in total. The van der Waals surface area contributed by atoms with E-state index in [0.29, 0.717) is 22.6 Å². The van der Waals surface area contributed by atoms with Gasteiger partial charge in [0.25, 0.3) is 11.6 Å². The summed E-state index contributed by atoms with van der Waals surface area (Å²) >= 11 is 5.75. The van der Waals surface area contributed by atoms with Gasteiger partial charge in [0, 0.05) is 17.2 Å². The summed E-state index contributed by atoms with van der Waals surface area (Å²) in [5.41, 5.74) is 2.86. The number of rotatable bonds is 7. The number of nitro benzene ring substituents is 1. The highest BCUT2D eigenvalue weighted by Crippen LogP contribution is 2.29. The van der Waals surface area contributed by atoms with Crippen LogP contribution in [-0.2, 0) is 0 Å². The minimum Gasteiger partial charge on any atom is -0.493 e. The molecule has 0 unspecified atom stereocenters. The highest BCUT2D eigenvalue weighted by Gasteiger charge is 2.13. The topological polar surface area (TPSA) is 103 Å². The lowest BCUT2D eigenvalue weighted by Crippen LogP contribution is -2.18. The summed E-state index contributed by atoms with van der Waals surface area (Å²) in [6, 6.07) is 8.96. The number of nitrogens with zero attached hydrogens (tertiary/aromatic N) is 2. The third-order valence-electron chi connectivity index (χ3n) is 3.34. The molecule has 0 aliphatic carbocycles. The molecule has 2 rings (SSSR count). The second-order valence-corrected chi connectivity index (χ2v) is 6.11. The molecule has 0 fully saturated rings. The van der Waals surface area contributed by atoms with E-state index in [2.05, 4.69) is 10.5 Å². The Morgan fingerprint density at radius 2 is 2.00 bits per heavy atom. The van der Waals surface area contributed by atoms with Gasteiger partial charge in [-0.3, -0.25) is 14.9 Å². The van der Waals surface area contributed by atoms with Crippen LogP contribution in [0.3, 0.4) is 0 Å². The van der Waals surface area contributed by atoms with Crippen LogP contribution in [0.15, 0.2) is 41.5 Å². The summed E-state index contributed by atoms with van der Waals surface area (Å²) in [7, 11) is 1.48. The van der Waals surface area contributed by atoms with Crippen LogP contribution in [0.1, 0.15) is 29.8 Å². The van der Waals surface area contributed by atoms with Crippen LogP contribution >= 0.6 is 11.6 Å². The van der Waals surface area contributed by atoms with E-state index in [-0.39, 0.29) is 16.8 Å². The van der Waals surface area contributed by atoms with Gasteiger partial charge >= 0.3 is 0 Å². The standard InChI is InChI=1S/C18H18ClN3O5/c1-11(2)27-16-7-5-13(9-17(16)26-3)18(23)21-20-10-12-4-6-14(19)15(8-12)22(24)25/h4-11H,1-3H3,(H,21,23)/b20-10+. The molecule has 0 aliphatic rings. The molecule has 0 saturated carbocycles. The Bertz CT molecular complexity index is 883. The average molecular weight is 392 g/mol. The van der Waals surface area contributed by atoms with Crippen molar-refractivity contribution in [2.45, 2.75) is 20.0 Å². The fourth-order valence-corrected chi connectivity index (χ4v) is 2.33. The van der Waals surface area contributed by atoms with Crippen molar-refractivity contribution in [1.82, 2.24) is 5.43 Å². The summed E-state index contributed by atoms with van der Waals surface area (Å²) in [4.78, 5) is 22.5. The van der Waals surface area contributed by atoms with Gasteiger partial charge in [-0.25, -0.2) is 5.43 Å². The quantitative estimate of drug-likeness (QED) is 0.439. The molecule has 0 aliphatic heterocycles. The molecule has 142 valence electrons. The van der Waals surface area contributed by atoms with Gasteiger partial charge in [0.1, 0.15) is 5.02 Å². The average Bonchev–Trinajstić information content (AvgIpc) is 2.62. The minimum atomic E-state index is -0.592. The van der Waals surface area contributed by atoms with Crippen LogP contribution in [-0.4, -0.2) is 30.3 Å². The maximum absolute atomic E-state index is 12.2. The number of hydrogen-bond acceptors (Lipinski definition) is 6. The largest absolute Gasteiger partial charge is 0.493 e. The van der Waals surface area contributed by atoms with E-state index in [4.69, 9.17) is 21.1 Å². The van der Waals surface area contributed by atoms with Gasteiger partial charge in [-0.15, -0.1) is 0 Å². The van der Waals surface area contributed by atoms with Gasteiger partial charge in [0.05, 0.1) is 24.4 Å². The second kappa shape index (κ2) is 9.00. The molecule has 2 aromatic carbocycles. The Balaban J connectivity index is 2.10. The Morgan fingerprint density at radius 3 is 2.63 bits per heavy atom. The maximum atomic E-state index is 12.2. The third kappa shape index (κ3) is 5.42. The number of carbonyl (C=O) groups is 1. The molecule has 1 amide bonds. The molecule has 0 spiro atoms. The summed E-state index contributed by atoms with van der Waals surface area (Å²) in [6.45, 7) is 3.77. The van der Waals surface area contributed by atoms with Crippen LogP contribution in [0.2, 0.25) is 5.02 Å². The molecular formula is C18H18ClN3O5. The second-order valence-electron chi connectivity index (χ2n) is 5.70. The van der Waals surface area contributed by atoms with Crippen LogP contribution in [0.25, 0.3) is 0 Å². The lowest BCUT2D eigenvalue weighted by atomic mass is 10.2. The van der Waals surface area contributed by atoms with E-state index in [1.54, 1.807) is 18.2 Å². The summed E-state index contributed by atoms with van der Waals surface area (Å²) in [5, 5.41) is 14.7. The van der Waals surface area contributed by atoms with Gasteiger partial charge in [0.15, 0.2) is 11.5 Å². The van der Waals surface area contributed by atoms with Gasteiger partial charge in [-0.1, -0.05) is 17.7 Å². The number of nitro groups is 1. The molecule has 2 aromatic rings. The van der Waals surface area contributed by atoms with E-state index < -0.39 is 10.8 Å². The van der Waals surface area contributed by atoms with Crippen molar-refractivity contribution < 1.29 is 19.2 Å². The highest BCUT2D eigenvalue weighted by molar-refractivity contribution is 6.32. The number of halogens is 1. The molecule has 0 bridgehead atoms. The van der Waals surface area contributed by atoms with Crippen molar-refractivity contribution in [2.24, 2.45) is 5.10 Å². The number of methoxy groups -OCH3 is 1.